The zero-order chi connectivity index (χ0) is 17.1. The zero-order valence-electron chi connectivity index (χ0n) is 13.6. The van der Waals surface area contributed by atoms with Crippen molar-refractivity contribution >= 4 is 17.3 Å². The first-order chi connectivity index (χ1) is 11.5. The maximum absolute atomic E-state index is 10.7. The Kier molecular flexibility index (Phi) is 4.88. The van der Waals surface area contributed by atoms with Crippen molar-refractivity contribution < 1.29 is 9.52 Å². The second-order valence-electron chi connectivity index (χ2n) is 5.65. The molecule has 24 heavy (non-hydrogen) atoms. The van der Waals surface area contributed by atoms with Crippen LogP contribution in [0.2, 0.25) is 5.02 Å². The van der Waals surface area contributed by atoms with Crippen LogP contribution in [0.3, 0.4) is 0 Å². The molecule has 4 nitrogen and oxygen atoms in total. The first kappa shape index (κ1) is 16.6. The Morgan fingerprint density at radius 3 is 2.58 bits per heavy atom. The molecule has 0 bridgehead atoms. The second kappa shape index (κ2) is 7.07. The van der Waals surface area contributed by atoms with Gasteiger partial charge in [-0.05, 0) is 37.6 Å². The van der Waals surface area contributed by atoms with E-state index < -0.39 is 6.10 Å². The summed E-state index contributed by atoms with van der Waals surface area (Å²) < 4.78 is 5.58. The van der Waals surface area contributed by atoms with Gasteiger partial charge in [0.15, 0.2) is 0 Å². The molecule has 0 saturated carbocycles. The number of rotatable bonds is 5. The number of aliphatic hydroxyl groups is 1. The van der Waals surface area contributed by atoms with Crippen molar-refractivity contribution in [2.45, 2.75) is 26.5 Å². The molecule has 0 amide bonds. The quantitative estimate of drug-likeness (QED) is 0.709. The van der Waals surface area contributed by atoms with Crippen molar-refractivity contribution in [2.24, 2.45) is 0 Å². The average molecular weight is 343 g/mol. The van der Waals surface area contributed by atoms with Gasteiger partial charge in [-0.1, -0.05) is 41.9 Å². The summed E-state index contributed by atoms with van der Waals surface area (Å²) in [6.07, 6.45) is -0.763. The minimum atomic E-state index is -0.763. The fourth-order valence-corrected chi connectivity index (χ4v) is 2.70. The molecule has 2 aromatic carbocycles. The van der Waals surface area contributed by atoms with Crippen molar-refractivity contribution in [3.05, 3.63) is 82.0 Å². The summed E-state index contributed by atoms with van der Waals surface area (Å²) in [7, 11) is 0. The molecule has 1 aromatic heterocycles. The number of anilines is 1. The molecule has 3 aromatic rings. The highest BCUT2D eigenvalue weighted by Gasteiger charge is 2.16. The van der Waals surface area contributed by atoms with E-state index in [1.54, 1.807) is 12.1 Å². The molecule has 0 radical (unpaired) electrons. The van der Waals surface area contributed by atoms with Crippen LogP contribution in [-0.4, -0.2) is 10.1 Å². The third-order valence-corrected chi connectivity index (χ3v) is 4.16. The van der Waals surface area contributed by atoms with Crippen LogP contribution in [0.1, 0.15) is 34.6 Å². The van der Waals surface area contributed by atoms with Gasteiger partial charge in [-0.2, -0.15) is 0 Å². The predicted octanol–water partition coefficient (Wildman–Crippen LogP) is 4.64. The summed E-state index contributed by atoms with van der Waals surface area (Å²) in [6.45, 7) is 4.23. The van der Waals surface area contributed by atoms with Gasteiger partial charge in [0.25, 0.3) is 0 Å². The third-order valence-electron chi connectivity index (χ3n) is 3.93. The lowest BCUT2D eigenvalue weighted by molar-refractivity contribution is 0.221. The number of aryl methyl sites for hydroxylation is 2. The molecular formula is C19H19ClN2O2. The van der Waals surface area contributed by atoms with E-state index in [1.165, 1.54) is 0 Å². The Labute approximate surface area is 146 Å². The van der Waals surface area contributed by atoms with E-state index in [0.29, 0.717) is 23.0 Å². The summed E-state index contributed by atoms with van der Waals surface area (Å²) in [5.74, 6) is 1.42. The molecule has 1 heterocycles. The van der Waals surface area contributed by atoms with Crippen LogP contribution in [0.4, 0.5) is 5.69 Å². The van der Waals surface area contributed by atoms with E-state index in [2.05, 4.69) is 10.3 Å². The number of nitrogens with zero attached hydrogens (tertiary/aromatic N) is 1. The smallest absolute Gasteiger partial charge is 0.213 e. The molecule has 3 rings (SSSR count). The molecule has 0 aliphatic carbocycles. The molecule has 0 spiro atoms. The lowest BCUT2D eigenvalue weighted by Crippen LogP contribution is -2.07. The molecule has 0 aliphatic heterocycles. The summed E-state index contributed by atoms with van der Waals surface area (Å²) in [4.78, 5) is 4.36. The van der Waals surface area contributed by atoms with Gasteiger partial charge in [-0.15, -0.1) is 0 Å². The van der Waals surface area contributed by atoms with Crippen LogP contribution in [0.15, 0.2) is 52.9 Å². The fraction of sp³-hybridized carbons (Fsp3) is 0.211. The van der Waals surface area contributed by atoms with Crippen LogP contribution in [-0.2, 0) is 6.54 Å². The summed E-state index contributed by atoms with van der Waals surface area (Å²) >= 11 is 6.12. The Bertz CT molecular complexity index is 811. The standard InChI is InChI=1S/C19H19ClN2O2/c1-12-13(2)24-18(22-12)11-21-17-9-8-15(20)10-16(17)19(23)14-6-4-3-5-7-14/h3-10,19,21,23H,11H2,1-2H3. The van der Waals surface area contributed by atoms with Gasteiger partial charge in [-0.25, -0.2) is 4.98 Å². The van der Waals surface area contributed by atoms with Crippen LogP contribution in [0.5, 0.6) is 0 Å². The van der Waals surface area contributed by atoms with Crippen molar-refractivity contribution in [3.63, 3.8) is 0 Å². The van der Waals surface area contributed by atoms with Gasteiger partial charge in [-0.3, -0.25) is 0 Å². The molecule has 1 unspecified atom stereocenters. The van der Waals surface area contributed by atoms with E-state index in [-0.39, 0.29) is 0 Å². The van der Waals surface area contributed by atoms with Gasteiger partial charge in [0.2, 0.25) is 5.89 Å². The number of oxazole rings is 1. The number of hydrogen-bond acceptors (Lipinski definition) is 4. The molecule has 5 heteroatoms. The monoisotopic (exact) mass is 342 g/mol. The average Bonchev–Trinajstić information content (AvgIpc) is 2.92. The Hall–Kier alpha value is -2.30. The first-order valence-electron chi connectivity index (χ1n) is 7.74. The topological polar surface area (TPSA) is 58.3 Å². The molecule has 0 fully saturated rings. The zero-order valence-corrected chi connectivity index (χ0v) is 14.3. The maximum atomic E-state index is 10.7. The number of hydrogen-bond donors (Lipinski definition) is 2. The highest BCUT2D eigenvalue weighted by Crippen LogP contribution is 2.31. The van der Waals surface area contributed by atoms with E-state index in [9.17, 15) is 5.11 Å². The third kappa shape index (κ3) is 3.61. The lowest BCUT2D eigenvalue weighted by atomic mass is 10.00. The fourth-order valence-electron chi connectivity index (χ4n) is 2.52. The van der Waals surface area contributed by atoms with Crippen molar-refractivity contribution in [1.29, 1.82) is 0 Å². The van der Waals surface area contributed by atoms with E-state index in [4.69, 9.17) is 16.0 Å². The SMILES string of the molecule is Cc1nc(CNc2ccc(Cl)cc2C(O)c2ccccc2)oc1C. The van der Waals surface area contributed by atoms with E-state index in [1.807, 2.05) is 50.2 Å². The van der Waals surface area contributed by atoms with Crippen LogP contribution in [0.25, 0.3) is 0 Å². The van der Waals surface area contributed by atoms with Gasteiger partial charge < -0.3 is 14.8 Å². The molecule has 0 saturated heterocycles. The van der Waals surface area contributed by atoms with E-state index >= 15 is 0 Å². The number of halogens is 1. The Balaban J connectivity index is 1.85. The summed E-state index contributed by atoms with van der Waals surface area (Å²) in [5.41, 5.74) is 3.20. The normalized spacial score (nSPS) is 12.2. The highest BCUT2D eigenvalue weighted by molar-refractivity contribution is 6.30. The molecule has 0 aliphatic rings. The Morgan fingerprint density at radius 1 is 1.17 bits per heavy atom. The summed E-state index contributed by atoms with van der Waals surface area (Å²) in [6, 6.07) is 14.9. The molecule has 2 N–H and O–H groups in total. The van der Waals surface area contributed by atoms with Crippen molar-refractivity contribution in [2.75, 3.05) is 5.32 Å². The van der Waals surface area contributed by atoms with Gasteiger partial charge >= 0.3 is 0 Å². The lowest BCUT2D eigenvalue weighted by Gasteiger charge is -2.17. The molecule has 1 atom stereocenters. The first-order valence-corrected chi connectivity index (χ1v) is 8.11. The predicted molar refractivity (Wildman–Crippen MR) is 95.3 cm³/mol. The van der Waals surface area contributed by atoms with E-state index in [0.717, 1.165) is 22.7 Å². The van der Waals surface area contributed by atoms with Crippen molar-refractivity contribution in [3.8, 4) is 0 Å². The van der Waals surface area contributed by atoms with Crippen LogP contribution >= 0.6 is 11.6 Å². The van der Waals surface area contributed by atoms with Gasteiger partial charge in [0.05, 0.1) is 12.2 Å². The molecule has 124 valence electrons. The number of aliphatic hydroxyl groups excluding tert-OH is 1. The number of nitrogens with one attached hydrogen (secondary N) is 1. The minimum absolute atomic E-state index is 0.435. The van der Waals surface area contributed by atoms with Crippen LogP contribution in [0, 0.1) is 13.8 Å². The number of aromatic nitrogens is 1. The van der Waals surface area contributed by atoms with Gasteiger partial charge in [0.1, 0.15) is 11.9 Å². The highest BCUT2D eigenvalue weighted by atomic mass is 35.5. The minimum Gasteiger partial charge on any atom is -0.444 e. The van der Waals surface area contributed by atoms with Gasteiger partial charge in [0, 0.05) is 16.3 Å². The van der Waals surface area contributed by atoms with Crippen LogP contribution < -0.4 is 5.32 Å². The largest absolute Gasteiger partial charge is 0.444 e. The maximum Gasteiger partial charge on any atom is 0.213 e. The van der Waals surface area contributed by atoms with Crippen molar-refractivity contribution in [1.82, 2.24) is 4.98 Å². The summed E-state index contributed by atoms with van der Waals surface area (Å²) in [5, 5.41) is 14.6. The Morgan fingerprint density at radius 2 is 1.92 bits per heavy atom. The second-order valence-corrected chi connectivity index (χ2v) is 6.08. The number of benzene rings is 2. The molecular weight excluding hydrogens is 324 g/mol.